The number of nitrogens with zero attached hydrogens (tertiary/aromatic N) is 4. The average Bonchev–Trinajstić information content (AvgIpc) is 2.90. The van der Waals surface area contributed by atoms with Crippen LogP contribution in [0.1, 0.15) is 36.9 Å². The number of aliphatic hydroxyl groups is 1. The van der Waals surface area contributed by atoms with E-state index in [2.05, 4.69) is 37.4 Å². The second-order valence-corrected chi connectivity index (χ2v) is 8.63. The number of pyridine rings is 2. The quantitative estimate of drug-likeness (QED) is 0.349. The fourth-order valence-corrected chi connectivity index (χ4v) is 4.05. The maximum Gasteiger partial charge on any atom is 0.229 e. The molecule has 0 spiro atoms. The van der Waals surface area contributed by atoms with Crippen molar-refractivity contribution in [2.24, 2.45) is 0 Å². The van der Waals surface area contributed by atoms with Crippen LogP contribution in [0.25, 0.3) is 11.3 Å². The number of hydrogen-bond donors (Lipinski definition) is 3. The molecule has 7 nitrogen and oxygen atoms in total. The van der Waals surface area contributed by atoms with Gasteiger partial charge in [0.2, 0.25) is 5.95 Å². The predicted octanol–water partition coefficient (Wildman–Crippen LogP) is 4.93. The fourth-order valence-electron chi connectivity index (χ4n) is 4.05. The van der Waals surface area contributed by atoms with Crippen LogP contribution in [0.15, 0.2) is 73.2 Å². The summed E-state index contributed by atoms with van der Waals surface area (Å²) in [5.41, 5.74) is 3.58. The first-order valence-electron chi connectivity index (χ1n) is 11.9. The van der Waals surface area contributed by atoms with E-state index in [4.69, 9.17) is 4.98 Å². The third-order valence-electron chi connectivity index (χ3n) is 5.97. The Labute approximate surface area is 208 Å². The van der Waals surface area contributed by atoms with Crippen LogP contribution in [0.5, 0.6) is 0 Å². The Balaban J connectivity index is 1.34. The Bertz CT molecular complexity index is 1380. The van der Waals surface area contributed by atoms with Gasteiger partial charge in [-0.15, -0.1) is 0 Å². The van der Waals surface area contributed by atoms with E-state index in [0.717, 1.165) is 48.2 Å². The molecule has 1 fully saturated rings. The molecule has 180 valence electrons. The molecule has 1 saturated carbocycles. The largest absolute Gasteiger partial charge is 0.393 e. The highest BCUT2D eigenvalue weighted by Gasteiger charge is 2.21. The molecule has 3 aromatic heterocycles. The van der Waals surface area contributed by atoms with Crippen LogP contribution in [0.2, 0.25) is 0 Å². The van der Waals surface area contributed by atoms with Crippen LogP contribution >= 0.6 is 0 Å². The van der Waals surface area contributed by atoms with Gasteiger partial charge in [0.15, 0.2) is 0 Å². The molecule has 3 N–H and O–H groups in total. The van der Waals surface area contributed by atoms with Gasteiger partial charge in [0.05, 0.1) is 17.4 Å². The van der Waals surface area contributed by atoms with Gasteiger partial charge in [-0.3, -0.25) is 4.98 Å². The molecule has 4 aromatic rings. The third kappa shape index (κ3) is 6.01. The van der Waals surface area contributed by atoms with E-state index < -0.39 is 0 Å². The van der Waals surface area contributed by atoms with Gasteiger partial charge in [0, 0.05) is 41.9 Å². The van der Waals surface area contributed by atoms with Crippen molar-refractivity contribution in [3.63, 3.8) is 0 Å². The summed E-state index contributed by atoms with van der Waals surface area (Å²) >= 11 is 0. The van der Waals surface area contributed by atoms with Crippen molar-refractivity contribution in [1.29, 1.82) is 0 Å². The lowest BCUT2D eigenvalue weighted by Crippen LogP contribution is -2.29. The highest BCUT2D eigenvalue weighted by molar-refractivity contribution is 5.73. The summed E-state index contributed by atoms with van der Waals surface area (Å²) in [5.74, 6) is 6.65. The zero-order chi connectivity index (χ0) is 24.7. The molecule has 8 heteroatoms. The molecular weight excluding hydrogens is 455 g/mol. The molecule has 1 aliphatic rings. The summed E-state index contributed by atoms with van der Waals surface area (Å²) in [7, 11) is 0. The summed E-state index contributed by atoms with van der Waals surface area (Å²) in [6.07, 6.45) is 7.99. The van der Waals surface area contributed by atoms with Gasteiger partial charge in [0.25, 0.3) is 0 Å². The SMILES string of the molecule is OC1CCC(Nc2nc(Nc3ccc(C#Cc4cc(F)ccn4)cc3)ncc2-c2ccccn2)CC1. The highest BCUT2D eigenvalue weighted by Crippen LogP contribution is 2.29. The molecule has 0 radical (unpaired) electrons. The molecule has 3 heterocycles. The number of anilines is 3. The molecule has 0 atom stereocenters. The summed E-state index contributed by atoms with van der Waals surface area (Å²) in [5, 5.41) is 16.6. The van der Waals surface area contributed by atoms with Gasteiger partial charge < -0.3 is 15.7 Å². The fraction of sp³-hybridized carbons (Fsp3) is 0.214. The highest BCUT2D eigenvalue weighted by atomic mass is 19.1. The number of rotatable bonds is 5. The van der Waals surface area contributed by atoms with Crippen LogP contribution in [0.4, 0.5) is 21.8 Å². The Hall–Kier alpha value is -4.35. The second kappa shape index (κ2) is 10.9. The van der Waals surface area contributed by atoms with E-state index in [1.807, 2.05) is 42.5 Å². The van der Waals surface area contributed by atoms with Crippen molar-refractivity contribution in [1.82, 2.24) is 19.9 Å². The normalized spacial score (nSPS) is 17.1. The first-order chi connectivity index (χ1) is 17.6. The smallest absolute Gasteiger partial charge is 0.229 e. The van der Waals surface area contributed by atoms with Crippen molar-refractivity contribution < 1.29 is 9.50 Å². The average molecular weight is 481 g/mol. The number of aromatic nitrogens is 4. The zero-order valence-corrected chi connectivity index (χ0v) is 19.5. The third-order valence-corrected chi connectivity index (χ3v) is 5.97. The van der Waals surface area contributed by atoms with Gasteiger partial charge in [-0.1, -0.05) is 12.0 Å². The van der Waals surface area contributed by atoms with Gasteiger partial charge in [-0.05, 0) is 74.1 Å². The summed E-state index contributed by atoms with van der Waals surface area (Å²) < 4.78 is 13.3. The van der Waals surface area contributed by atoms with Crippen LogP contribution in [-0.4, -0.2) is 37.2 Å². The summed E-state index contributed by atoms with van der Waals surface area (Å²) in [6, 6.07) is 16.1. The van der Waals surface area contributed by atoms with E-state index in [0.29, 0.717) is 17.5 Å². The maximum absolute atomic E-state index is 13.3. The molecule has 0 bridgehead atoms. The lowest BCUT2D eigenvalue weighted by atomic mass is 9.93. The minimum atomic E-state index is -0.363. The van der Waals surface area contributed by atoms with E-state index in [9.17, 15) is 9.50 Å². The molecule has 1 aliphatic carbocycles. The van der Waals surface area contributed by atoms with Gasteiger partial charge in [-0.25, -0.2) is 14.4 Å². The van der Waals surface area contributed by atoms with E-state index >= 15 is 0 Å². The van der Waals surface area contributed by atoms with E-state index in [1.54, 1.807) is 12.4 Å². The summed E-state index contributed by atoms with van der Waals surface area (Å²) in [6.45, 7) is 0. The zero-order valence-electron chi connectivity index (χ0n) is 19.5. The number of aliphatic hydroxyl groups excluding tert-OH is 1. The lowest BCUT2D eigenvalue weighted by Gasteiger charge is -2.27. The Morgan fingerprint density at radius 1 is 0.889 bits per heavy atom. The second-order valence-electron chi connectivity index (χ2n) is 8.63. The minimum Gasteiger partial charge on any atom is -0.393 e. The van der Waals surface area contributed by atoms with E-state index in [-0.39, 0.29) is 18.0 Å². The molecule has 0 unspecified atom stereocenters. The van der Waals surface area contributed by atoms with Crippen molar-refractivity contribution in [3.8, 4) is 23.1 Å². The minimum absolute atomic E-state index is 0.223. The Morgan fingerprint density at radius 3 is 2.47 bits per heavy atom. The number of halogens is 1. The van der Waals surface area contributed by atoms with Crippen LogP contribution in [0.3, 0.4) is 0 Å². The first kappa shape index (κ1) is 23.4. The number of benzene rings is 1. The van der Waals surface area contributed by atoms with Gasteiger partial charge >= 0.3 is 0 Å². The first-order valence-corrected chi connectivity index (χ1v) is 11.9. The molecule has 0 saturated heterocycles. The monoisotopic (exact) mass is 480 g/mol. The van der Waals surface area contributed by atoms with Gasteiger partial charge in [-0.2, -0.15) is 4.98 Å². The topological polar surface area (TPSA) is 95.8 Å². The standard InChI is InChI=1S/C28H25FN6O/c29-20-14-16-30-23(17-20)9-6-19-4-7-22(8-5-19)34-28-32-18-25(26-3-1-2-15-31-26)27(35-28)33-21-10-12-24(36)13-11-21/h1-5,7-8,14-18,21,24,36H,10-13H2,(H2,32,33,34,35). The number of nitrogens with one attached hydrogen (secondary N) is 2. The molecular formula is C28H25FN6O. The molecule has 1 aromatic carbocycles. The van der Waals surface area contributed by atoms with Crippen LogP contribution in [0, 0.1) is 17.7 Å². The predicted molar refractivity (Wildman–Crippen MR) is 137 cm³/mol. The van der Waals surface area contributed by atoms with E-state index in [1.165, 1.54) is 18.3 Å². The van der Waals surface area contributed by atoms with Crippen LogP contribution < -0.4 is 10.6 Å². The number of hydrogen-bond acceptors (Lipinski definition) is 7. The Morgan fingerprint density at radius 2 is 1.72 bits per heavy atom. The Kier molecular flexibility index (Phi) is 7.10. The van der Waals surface area contributed by atoms with Crippen molar-refractivity contribution in [3.05, 3.63) is 90.3 Å². The molecule has 5 rings (SSSR count). The van der Waals surface area contributed by atoms with Crippen molar-refractivity contribution >= 4 is 17.5 Å². The van der Waals surface area contributed by atoms with Crippen molar-refractivity contribution in [2.45, 2.75) is 37.8 Å². The van der Waals surface area contributed by atoms with Crippen LogP contribution in [-0.2, 0) is 0 Å². The summed E-state index contributed by atoms with van der Waals surface area (Å²) in [4.78, 5) is 17.8. The van der Waals surface area contributed by atoms with Crippen molar-refractivity contribution in [2.75, 3.05) is 10.6 Å². The lowest BCUT2D eigenvalue weighted by molar-refractivity contribution is 0.126. The molecule has 0 aliphatic heterocycles. The van der Waals surface area contributed by atoms with Gasteiger partial charge in [0.1, 0.15) is 17.3 Å². The maximum atomic E-state index is 13.3. The molecule has 36 heavy (non-hydrogen) atoms. The molecule has 0 amide bonds.